The number of para-hydroxylation sites is 1. The van der Waals surface area contributed by atoms with Crippen LogP contribution in [0.1, 0.15) is 12.8 Å². The Morgan fingerprint density at radius 2 is 2.04 bits per heavy atom. The molecule has 23 heavy (non-hydrogen) atoms. The summed E-state index contributed by atoms with van der Waals surface area (Å²) >= 11 is 0. The predicted molar refractivity (Wildman–Crippen MR) is 83.2 cm³/mol. The molecule has 0 N–H and O–H groups in total. The van der Waals surface area contributed by atoms with Crippen molar-refractivity contribution in [1.82, 2.24) is 4.31 Å². The van der Waals surface area contributed by atoms with E-state index in [-0.39, 0.29) is 29.3 Å². The molecular formula is C14H17N3O5S. The Morgan fingerprint density at radius 1 is 1.26 bits per heavy atom. The Kier molecular flexibility index (Phi) is 3.24. The van der Waals surface area contributed by atoms with Gasteiger partial charge in [0.15, 0.2) is 0 Å². The standard InChI is InChI=1S/C14H17N3O5S/c18-17(19)13-3-1-2-12-14(13)22-9-10-8-15(6-7-16(10)12)23(20,21)11-4-5-11/h1-3,10-11H,4-9H2/t10-/m0/s1. The first kappa shape index (κ1) is 14.7. The molecule has 0 spiro atoms. The van der Waals surface area contributed by atoms with Crippen LogP contribution >= 0.6 is 0 Å². The molecule has 8 nitrogen and oxygen atoms in total. The molecule has 1 saturated carbocycles. The van der Waals surface area contributed by atoms with Crippen molar-refractivity contribution in [2.24, 2.45) is 0 Å². The second kappa shape index (κ2) is 5.07. The van der Waals surface area contributed by atoms with Crippen molar-refractivity contribution < 1.29 is 18.1 Å². The van der Waals surface area contributed by atoms with Gasteiger partial charge in [-0.15, -0.1) is 0 Å². The smallest absolute Gasteiger partial charge is 0.313 e. The summed E-state index contributed by atoms with van der Waals surface area (Å²) in [5, 5.41) is 10.9. The highest BCUT2D eigenvalue weighted by Gasteiger charge is 2.44. The minimum atomic E-state index is -3.20. The van der Waals surface area contributed by atoms with E-state index in [2.05, 4.69) is 0 Å². The minimum Gasteiger partial charge on any atom is -0.483 e. The van der Waals surface area contributed by atoms with E-state index < -0.39 is 14.9 Å². The molecule has 1 aromatic carbocycles. The minimum absolute atomic E-state index is 0.0472. The van der Waals surface area contributed by atoms with Gasteiger partial charge in [-0.2, -0.15) is 4.31 Å². The lowest BCUT2D eigenvalue weighted by Gasteiger charge is -2.44. The summed E-state index contributed by atoms with van der Waals surface area (Å²) in [5.74, 6) is 0.284. The van der Waals surface area contributed by atoms with Crippen LogP contribution in [-0.4, -0.2) is 55.2 Å². The molecular weight excluding hydrogens is 322 g/mol. The summed E-state index contributed by atoms with van der Waals surface area (Å²) < 4.78 is 31.9. The number of hydrogen-bond donors (Lipinski definition) is 0. The van der Waals surface area contributed by atoms with Gasteiger partial charge in [0.25, 0.3) is 0 Å². The lowest BCUT2D eigenvalue weighted by atomic mass is 10.1. The SMILES string of the molecule is O=[N+]([O-])c1cccc2c1OC[C@@H]1CN(S(=O)(=O)C3CC3)CCN21. The van der Waals surface area contributed by atoms with Crippen LogP contribution in [-0.2, 0) is 10.0 Å². The number of benzene rings is 1. The Balaban J connectivity index is 1.61. The van der Waals surface area contributed by atoms with Crippen molar-refractivity contribution in [3.63, 3.8) is 0 Å². The van der Waals surface area contributed by atoms with E-state index in [4.69, 9.17) is 4.74 Å². The van der Waals surface area contributed by atoms with Gasteiger partial charge < -0.3 is 9.64 Å². The normalized spacial score (nSPS) is 24.5. The fraction of sp³-hybridized carbons (Fsp3) is 0.571. The van der Waals surface area contributed by atoms with Crippen LogP contribution in [0.2, 0.25) is 0 Å². The molecule has 2 fully saturated rings. The van der Waals surface area contributed by atoms with Crippen molar-refractivity contribution in [2.75, 3.05) is 31.1 Å². The lowest BCUT2D eigenvalue weighted by Crippen LogP contribution is -2.58. The topological polar surface area (TPSA) is 93.0 Å². The second-order valence-electron chi connectivity index (χ2n) is 6.14. The first-order valence-electron chi connectivity index (χ1n) is 7.64. The molecule has 124 valence electrons. The Hall–Kier alpha value is -1.87. The van der Waals surface area contributed by atoms with E-state index in [1.54, 1.807) is 16.4 Å². The zero-order valence-corrected chi connectivity index (χ0v) is 13.2. The molecule has 0 unspecified atom stereocenters. The number of nitro groups is 1. The first-order valence-corrected chi connectivity index (χ1v) is 9.14. The summed E-state index contributed by atoms with van der Waals surface area (Å²) in [7, 11) is -3.20. The van der Waals surface area contributed by atoms with E-state index in [0.717, 1.165) is 12.8 Å². The number of fused-ring (bicyclic) bond motifs is 3. The van der Waals surface area contributed by atoms with Gasteiger partial charge >= 0.3 is 5.69 Å². The monoisotopic (exact) mass is 339 g/mol. The average Bonchev–Trinajstić information content (AvgIpc) is 3.38. The van der Waals surface area contributed by atoms with Crippen LogP contribution in [0, 0.1) is 10.1 Å². The fourth-order valence-corrected chi connectivity index (χ4v) is 5.17. The zero-order valence-electron chi connectivity index (χ0n) is 12.4. The van der Waals surface area contributed by atoms with Crippen LogP contribution in [0.4, 0.5) is 11.4 Å². The third kappa shape index (κ3) is 2.34. The van der Waals surface area contributed by atoms with Crippen molar-refractivity contribution in [3.8, 4) is 5.75 Å². The summed E-state index contributed by atoms with van der Waals surface area (Å²) in [6.45, 7) is 1.57. The van der Waals surface area contributed by atoms with Gasteiger partial charge in [0.1, 0.15) is 6.61 Å². The molecule has 2 aliphatic heterocycles. The van der Waals surface area contributed by atoms with E-state index >= 15 is 0 Å². The molecule has 4 rings (SSSR count). The average molecular weight is 339 g/mol. The maximum atomic E-state index is 12.4. The Morgan fingerprint density at radius 3 is 2.74 bits per heavy atom. The van der Waals surface area contributed by atoms with Gasteiger partial charge in [-0.05, 0) is 18.9 Å². The van der Waals surface area contributed by atoms with Crippen molar-refractivity contribution in [1.29, 1.82) is 0 Å². The second-order valence-corrected chi connectivity index (χ2v) is 8.36. The highest BCUT2D eigenvalue weighted by atomic mass is 32.2. The fourth-order valence-electron chi connectivity index (χ4n) is 3.30. The molecule has 1 aromatic rings. The number of rotatable bonds is 3. The van der Waals surface area contributed by atoms with E-state index in [1.165, 1.54) is 6.07 Å². The molecule has 1 saturated heterocycles. The summed E-state index contributed by atoms with van der Waals surface area (Å²) in [4.78, 5) is 12.7. The van der Waals surface area contributed by atoms with E-state index in [1.807, 2.05) is 4.90 Å². The van der Waals surface area contributed by atoms with Gasteiger partial charge in [0.2, 0.25) is 15.8 Å². The Bertz CT molecular complexity index is 762. The molecule has 0 amide bonds. The number of hydrogen-bond acceptors (Lipinski definition) is 6. The molecule has 0 aromatic heterocycles. The van der Waals surface area contributed by atoms with Crippen molar-refractivity contribution in [3.05, 3.63) is 28.3 Å². The van der Waals surface area contributed by atoms with Crippen LogP contribution < -0.4 is 9.64 Å². The summed E-state index contributed by atoms with van der Waals surface area (Å²) in [6.07, 6.45) is 1.50. The van der Waals surface area contributed by atoms with Crippen molar-refractivity contribution in [2.45, 2.75) is 24.1 Å². The maximum Gasteiger partial charge on any atom is 0.313 e. The highest BCUT2D eigenvalue weighted by Crippen LogP contribution is 2.42. The van der Waals surface area contributed by atoms with Gasteiger partial charge in [-0.1, -0.05) is 6.07 Å². The molecule has 3 aliphatic rings. The van der Waals surface area contributed by atoms with Crippen LogP contribution in [0.5, 0.6) is 5.75 Å². The van der Waals surface area contributed by atoms with Gasteiger partial charge in [0.05, 0.1) is 21.9 Å². The zero-order chi connectivity index (χ0) is 16.2. The van der Waals surface area contributed by atoms with Gasteiger partial charge in [-0.3, -0.25) is 10.1 Å². The summed E-state index contributed by atoms with van der Waals surface area (Å²) in [5.41, 5.74) is 0.632. The number of anilines is 1. The van der Waals surface area contributed by atoms with Gasteiger partial charge in [-0.25, -0.2) is 8.42 Å². The third-order valence-corrected chi connectivity index (χ3v) is 7.02. The molecule has 9 heteroatoms. The quantitative estimate of drug-likeness (QED) is 0.602. The highest BCUT2D eigenvalue weighted by molar-refractivity contribution is 7.90. The van der Waals surface area contributed by atoms with Crippen LogP contribution in [0.15, 0.2) is 18.2 Å². The summed E-state index contributed by atoms with van der Waals surface area (Å²) in [6, 6.07) is 4.74. The third-order valence-electron chi connectivity index (χ3n) is 4.65. The Labute approximate surface area is 133 Å². The molecule has 1 aliphatic carbocycles. The van der Waals surface area contributed by atoms with Crippen molar-refractivity contribution >= 4 is 21.4 Å². The first-order chi connectivity index (χ1) is 11.0. The molecule has 0 bridgehead atoms. The van der Waals surface area contributed by atoms with Gasteiger partial charge in [0, 0.05) is 25.7 Å². The maximum absolute atomic E-state index is 12.4. The van der Waals surface area contributed by atoms with E-state index in [9.17, 15) is 18.5 Å². The molecule has 2 heterocycles. The van der Waals surface area contributed by atoms with Crippen LogP contribution in [0.25, 0.3) is 0 Å². The number of nitrogens with zero attached hydrogens (tertiary/aromatic N) is 3. The number of nitro benzene ring substituents is 1. The number of ether oxygens (including phenoxy) is 1. The number of sulfonamides is 1. The van der Waals surface area contributed by atoms with Crippen LogP contribution in [0.3, 0.4) is 0 Å². The molecule has 1 atom stereocenters. The largest absolute Gasteiger partial charge is 0.483 e. The number of piperazine rings is 1. The van der Waals surface area contributed by atoms with E-state index in [0.29, 0.717) is 25.3 Å². The lowest BCUT2D eigenvalue weighted by molar-refractivity contribution is -0.385. The molecule has 0 radical (unpaired) electrons. The predicted octanol–water partition coefficient (Wildman–Crippen LogP) is 0.970.